The molecule has 0 amide bonds. The lowest BCUT2D eigenvalue weighted by atomic mass is 10.2. The predicted molar refractivity (Wildman–Crippen MR) is 96.5 cm³/mol. The Bertz CT molecular complexity index is 827. The van der Waals surface area contributed by atoms with Crippen LogP contribution in [0.3, 0.4) is 0 Å². The highest BCUT2D eigenvalue weighted by molar-refractivity contribution is 7.13. The van der Waals surface area contributed by atoms with E-state index >= 15 is 0 Å². The Morgan fingerprint density at radius 3 is 2.70 bits per heavy atom. The van der Waals surface area contributed by atoms with Gasteiger partial charge in [0.1, 0.15) is 23.7 Å². The van der Waals surface area contributed by atoms with Crippen molar-refractivity contribution in [2.45, 2.75) is 6.54 Å². The number of aromatic hydroxyl groups is 1. The molecule has 1 aromatic heterocycles. The van der Waals surface area contributed by atoms with Crippen LogP contribution in [0.15, 0.2) is 66.6 Å². The number of halogens is 1. The number of nitrogens with one attached hydrogen (secondary N) is 1. The van der Waals surface area contributed by atoms with E-state index in [2.05, 4.69) is 21.8 Å². The first-order chi connectivity index (χ1) is 11.2. The summed E-state index contributed by atoms with van der Waals surface area (Å²) < 4.78 is 2.14. The van der Waals surface area contributed by atoms with Crippen molar-refractivity contribution in [2.75, 3.05) is 5.32 Å². The summed E-state index contributed by atoms with van der Waals surface area (Å²) in [4.78, 5) is 0. The monoisotopic (exact) mass is 343 g/mol. The molecule has 3 nitrogen and oxygen atoms in total. The maximum atomic E-state index is 9.60. The van der Waals surface area contributed by atoms with Crippen LogP contribution in [0.4, 0.5) is 10.8 Å². The Morgan fingerprint density at radius 1 is 1.22 bits per heavy atom. The summed E-state index contributed by atoms with van der Waals surface area (Å²) in [6.45, 7) is 4.52. The first kappa shape index (κ1) is 15.6. The molecule has 0 atom stereocenters. The van der Waals surface area contributed by atoms with Gasteiger partial charge in [-0.3, -0.25) is 0 Å². The lowest BCUT2D eigenvalue weighted by Gasteiger charge is -2.04. The molecule has 116 valence electrons. The fraction of sp³-hybridized carbons (Fsp3) is 0.0556. The van der Waals surface area contributed by atoms with Crippen LogP contribution in [0.5, 0.6) is 5.75 Å². The van der Waals surface area contributed by atoms with Gasteiger partial charge in [0, 0.05) is 22.0 Å². The third-order valence-electron chi connectivity index (χ3n) is 3.37. The highest BCUT2D eigenvalue weighted by Gasteiger charge is 2.18. The van der Waals surface area contributed by atoms with Crippen molar-refractivity contribution >= 4 is 33.8 Å². The highest BCUT2D eigenvalue weighted by Crippen LogP contribution is 2.27. The van der Waals surface area contributed by atoms with Crippen LogP contribution in [0.2, 0.25) is 5.02 Å². The molecule has 1 heterocycles. The zero-order valence-corrected chi connectivity index (χ0v) is 13.9. The minimum atomic E-state index is 0.236. The number of thiazole rings is 1. The van der Waals surface area contributed by atoms with Gasteiger partial charge < -0.3 is 5.11 Å². The molecular weight excluding hydrogens is 328 g/mol. The molecule has 0 saturated heterocycles. The van der Waals surface area contributed by atoms with Crippen molar-refractivity contribution in [3.05, 3.63) is 71.6 Å². The van der Waals surface area contributed by atoms with Crippen LogP contribution in [0.25, 0.3) is 11.3 Å². The molecule has 0 unspecified atom stereocenters. The Kier molecular flexibility index (Phi) is 4.65. The number of hydrogen-bond donors (Lipinski definition) is 2. The van der Waals surface area contributed by atoms with Crippen molar-refractivity contribution < 1.29 is 9.67 Å². The maximum absolute atomic E-state index is 9.60. The van der Waals surface area contributed by atoms with Crippen molar-refractivity contribution in [1.29, 1.82) is 0 Å². The topological polar surface area (TPSA) is 36.1 Å². The van der Waals surface area contributed by atoms with Crippen LogP contribution < -0.4 is 9.88 Å². The summed E-state index contributed by atoms with van der Waals surface area (Å²) >= 11 is 7.58. The van der Waals surface area contributed by atoms with E-state index < -0.39 is 0 Å². The van der Waals surface area contributed by atoms with Crippen molar-refractivity contribution in [3.63, 3.8) is 0 Å². The largest absolute Gasteiger partial charge is 0.508 e. The third kappa shape index (κ3) is 3.55. The lowest BCUT2D eigenvalue weighted by molar-refractivity contribution is -0.657. The number of phenolic OH excluding ortho intramolecular Hbond substituents is 1. The molecule has 0 fully saturated rings. The molecule has 5 heteroatoms. The summed E-state index contributed by atoms with van der Waals surface area (Å²) in [5.74, 6) is 0.236. The first-order valence-corrected chi connectivity index (χ1v) is 8.37. The van der Waals surface area contributed by atoms with Crippen molar-refractivity contribution in [2.24, 2.45) is 0 Å². The molecule has 0 radical (unpaired) electrons. The number of benzene rings is 2. The quantitative estimate of drug-likeness (QED) is 0.505. The number of anilines is 2. The van der Waals surface area contributed by atoms with E-state index in [9.17, 15) is 5.11 Å². The zero-order chi connectivity index (χ0) is 16.2. The molecule has 23 heavy (non-hydrogen) atoms. The van der Waals surface area contributed by atoms with Gasteiger partial charge in [-0.25, -0.2) is 9.88 Å². The van der Waals surface area contributed by atoms with Crippen molar-refractivity contribution in [1.82, 2.24) is 0 Å². The van der Waals surface area contributed by atoms with Gasteiger partial charge in [-0.15, -0.1) is 0 Å². The molecule has 0 aliphatic rings. The number of hydrogen-bond acceptors (Lipinski definition) is 3. The molecule has 0 bridgehead atoms. The third-order valence-corrected chi connectivity index (χ3v) is 4.51. The second-order valence-electron chi connectivity index (χ2n) is 5.01. The zero-order valence-electron chi connectivity index (χ0n) is 12.4. The average Bonchev–Trinajstić information content (AvgIpc) is 2.91. The second-order valence-corrected chi connectivity index (χ2v) is 6.30. The number of rotatable bonds is 5. The van der Waals surface area contributed by atoms with Gasteiger partial charge in [0.15, 0.2) is 0 Å². The first-order valence-electron chi connectivity index (χ1n) is 7.11. The summed E-state index contributed by atoms with van der Waals surface area (Å²) in [7, 11) is 0. The van der Waals surface area contributed by atoms with Crippen LogP contribution in [0.1, 0.15) is 0 Å². The van der Waals surface area contributed by atoms with E-state index in [0.717, 1.165) is 27.1 Å². The number of aromatic nitrogens is 1. The highest BCUT2D eigenvalue weighted by atomic mass is 35.5. The van der Waals surface area contributed by atoms with Gasteiger partial charge in [0.25, 0.3) is 0 Å². The van der Waals surface area contributed by atoms with E-state index in [0.29, 0.717) is 6.54 Å². The van der Waals surface area contributed by atoms with Gasteiger partial charge in [0.2, 0.25) is 0 Å². The van der Waals surface area contributed by atoms with E-state index in [1.54, 1.807) is 23.5 Å². The number of allylic oxidation sites excluding steroid dienone is 1. The van der Waals surface area contributed by atoms with Gasteiger partial charge in [-0.1, -0.05) is 41.7 Å². The molecule has 0 aliphatic heterocycles. The van der Waals surface area contributed by atoms with Crippen LogP contribution >= 0.6 is 22.9 Å². The molecular formula is C18H16ClN2OS+. The average molecular weight is 344 g/mol. The summed E-state index contributed by atoms with van der Waals surface area (Å²) in [5, 5.41) is 16.7. The van der Waals surface area contributed by atoms with Gasteiger partial charge >= 0.3 is 5.13 Å². The van der Waals surface area contributed by atoms with Crippen LogP contribution in [0, 0.1) is 0 Å². The molecule has 3 aromatic rings. The normalized spacial score (nSPS) is 10.5. The van der Waals surface area contributed by atoms with Gasteiger partial charge in [0.05, 0.1) is 0 Å². The predicted octanol–water partition coefficient (Wildman–Crippen LogP) is 4.99. The SMILES string of the molecule is C=CC[n+]1c(-c2ccc(Cl)cc2)csc1Nc1cccc(O)c1. The molecule has 0 aliphatic carbocycles. The fourth-order valence-corrected chi connectivity index (χ4v) is 3.40. The smallest absolute Gasteiger partial charge is 0.339 e. The Labute approximate surface area is 144 Å². The molecule has 0 saturated carbocycles. The minimum absolute atomic E-state index is 0.236. The van der Waals surface area contributed by atoms with Crippen LogP contribution in [-0.2, 0) is 6.54 Å². The molecule has 2 aromatic carbocycles. The van der Waals surface area contributed by atoms with Crippen LogP contribution in [-0.4, -0.2) is 5.11 Å². The van der Waals surface area contributed by atoms with E-state index in [1.165, 1.54) is 0 Å². The Hall–Kier alpha value is -2.30. The fourth-order valence-electron chi connectivity index (χ4n) is 2.31. The molecule has 0 spiro atoms. The molecule has 2 N–H and O–H groups in total. The minimum Gasteiger partial charge on any atom is -0.508 e. The van der Waals surface area contributed by atoms with E-state index in [-0.39, 0.29) is 5.75 Å². The van der Waals surface area contributed by atoms with E-state index in [4.69, 9.17) is 11.6 Å². The Balaban J connectivity index is 1.98. The standard InChI is InChI=1S/C18H15ClN2OS/c1-2-10-21-17(13-6-8-14(19)9-7-13)12-23-18(21)20-15-4-3-5-16(22)11-15/h2-9,11-12,22H,1,10H2/p+1. The van der Waals surface area contributed by atoms with E-state index in [1.807, 2.05) is 42.5 Å². The number of phenols is 1. The van der Waals surface area contributed by atoms with Crippen molar-refractivity contribution in [3.8, 4) is 17.0 Å². The Morgan fingerprint density at radius 2 is 2.00 bits per heavy atom. The lowest BCUT2D eigenvalue weighted by Crippen LogP contribution is -2.35. The maximum Gasteiger partial charge on any atom is 0.339 e. The molecule has 3 rings (SSSR count). The summed E-state index contributed by atoms with van der Waals surface area (Å²) in [5.41, 5.74) is 3.03. The summed E-state index contributed by atoms with van der Waals surface area (Å²) in [6, 6.07) is 14.8. The van der Waals surface area contributed by atoms with Gasteiger partial charge in [-0.2, -0.15) is 0 Å². The number of nitrogens with zero attached hydrogens (tertiary/aromatic N) is 1. The second kappa shape index (κ2) is 6.86. The van der Waals surface area contributed by atoms with Gasteiger partial charge in [-0.05, 0) is 36.4 Å². The summed E-state index contributed by atoms with van der Waals surface area (Å²) in [6.07, 6.45) is 1.86.